The van der Waals surface area contributed by atoms with Gasteiger partial charge in [-0.25, -0.2) is 0 Å². The Bertz CT molecular complexity index is 714. The van der Waals surface area contributed by atoms with E-state index >= 15 is 0 Å². The van der Waals surface area contributed by atoms with Crippen LogP contribution in [0.2, 0.25) is 0 Å². The SMILES string of the molecule is CC(=O)c1c(-c2ccccn2)oc2ccccc12. The first-order chi connectivity index (χ1) is 8.77. The van der Waals surface area contributed by atoms with E-state index in [9.17, 15) is 4.79 Å². The van der Waals surface area contributed by atoms with E-state index in [4.69, 9.17) is 4.42 Å². The van der Waals surface area contributed by atoms with Crippen molar-refractivity contribution < 1.29 is 9.21 Å². The minimum absolute atomic E-state index is 0.0133. The lowest BCUT2D eigenvalue weighted by Gasteiger charge is -1.98. The van der Waals surface area contributed by atoms with Crippen LogP contribution in [-0.4, -0.2) is 10.8 Å². The van der Waals surface area contributed by atoms with Crippen molar-refractivity contribution in [2.75, 3.05) is 0 Å². The fourth-order valence-electron chi connectivity index (χ4n) is 2.07. The average Bonchev–Trinajstić information content (AvgIpc) is 2.79. The van der Waals surface area contributed by atoms with Crippen molar-refractivity contribution in [3.8, 4) is 11.5 Å². The molecule has 0 aliphatic heterocycles. The van der Waals surface area contributed by atoms with Crippen LogP contribution in [0, 0.1) is 0 Å². The quantitative estimate of drug-likeness (QED) is 0.638. The highest BCUT2D eigenvalue weighted by Gasteiger charge is 2.19. The highest BCUT2D eigenvalue weighted by molar-refractivity contribution is 6.10. The van der Waals surface area contributed by atoms with Gasteiger partial charge in [0.15, 0.2) is 11.5 Å². The monoisotopic (exact) mass is 237 g/mol. The number of benzene rings is 1. The molecule has 3 aromatic rings. The lowest BCUT2D eigenvalue weighted by Crippen LogP contribution is -1.94. The van der Waals surface area contributed by atoms with Crippen molar-refractivity contribution in [3.63, 3.8) is 0 Å². The number of ketones is 1. The average molecular weight is 237 g/mol. The predicted molar refractivity (Wildman–Crippen MR) is 69.4 cm³/mol. The van der Waals surface area contributed by atoms with Gasteiger partial charge in [-0.05, 0) is 25.1 Å². The summed E-state index contributed by atoms with van der Waals surface area (Å²) < 4.78 is 5.76. The number of pyridine rings is 1. The summed E-state index contributed by atoms with van der Waals surface area (Å²) in [6, 6.07) is 13.1. The Morgan fingerprint density at radius 1 is 1.11 bits per heavy atom. The molecule has 0 fully saturated rings. The van der Waals surface area contributed by atoms with Crippen LogP contribution >= 0.6 is 0 Å². The Hall–Kier alpha value is -2.42. The Morgan fingerprint density at radius 2 is 1.89 bits per heavy atom. The molecule has 0 bridgehead atoms. The number of para-hydroxylation sites is 1. The van der Waals surface area contributed by atoms with Crippen LogP contribution in [-0.2, 0) is 0 Å². The molecule has 0 N–H and O–H groups in total. The summed E-state index contributed by atoms with van der Waals surface area (Å²) in [5.41, 5.74) is 1.99. The standard InChI is InChI=1S/C15H11NO2/c1-10(17)14-11-6-2-3-8-13(11)18-15(14)12-7-4-5-9-16-12/h2-9H,1H3. The van der Waals surface area contributed by atoms with Gasteiger partial charge >= 0.3 is 0 Å². The molecule has 2 aromatic heterocycles. The normalized spacial score (nSPS) is 10.7. The molecule has 1 aromatic carbocycles. The molecule has 0 unspecified atom stereocenters. The van der Waals surface area contributed by atoms with Gasteiger partial charge in [0.25, 0.3) is 0 Å². The van der Waals surface area contributed by atoms with E-state index in [1.807, 2.05) is 42.5 Å². The number of furan rings is 1. The smallest absolute Gasteiger partial charge is 0.164 e. The Morgan fingerprint density at radius 3 is 2.61 bits per heavy atom. The van der Waals surface area contributed by atoms with Crippen molar-refractivity contribution in [2.24, 2.45) is 0 Å². The van der Waals surface area contributed by atoms with Gasteiger partial charge in [-0.2, -0.15) is 0 Å². The summed E-state index contributed by atoms with van der Waals surface area (Å²) in [4.78, 5) is 16.1. The molecule has 0 aliphatic carbocycles. The molecule has 18 heavy (non-hydrogen) atoms. The zero-order valence-electron chi connectivity index (χ0n) is 9.88. The fraction of sp³-hybridized carbons (Fsp3) is 0.0667. The summed E-state index contributed by atoms with van der Waals surface area (Å²) in [7, 11) is 0. The van der Waals surface area contributed by atoms with E-state index in [-0.39, 0.29) is 5.78 Å². The maximum atomic E-state index is 11.8. The van der Waals surface area contributed by atoms with Gasteiger partial charge in [-0.1, -0.05) is 24.3 Å². The van der Waals surface area contributed by atoms with Crippen LogP contribution < -0.4 is 0 Å². The molecule has 0 spiro atoms. The van der Waals surface area contributed by atoms with Gasteiger partial charge in [-0.15, -0.1) is 0 Å². The largest absolute Gasteiger partial charge is 0.454 e. The number of rotatable bonds is 2. The van der Waals surface area contributed by atoms with Crippen molar-refractivity contribution in [2.45, 2.75) is 6.92 Å². The van der Waals surface area contributed by atoms with Crippen molar-refractivity contribution in [3.05, 3.63) is 54.2 Å². The number of hydrogen-bond acceptors (Lipinski definition) is 3. The first kappa shape index (κ1) is 10.7. The first-order valence-corrected chi connectivity index (χ1v) is 5.71. The Labute approximate surface area is 104 Å². The number of carbonyl (C=O) groups is 1. The van der Waals surface area contributed by atoms with Gasteiger partial charge in [0, 0.05) is 11.6 Å². The van der Waals surface area contributed by atoms with Gasteiger partial charge in [0.2, 0.25) is 0 Å². The summed E-state index contributed by atoms with van der Waals surface area (Å²) in [6.45, 7) is 1.55. The molecule has 0 atom stereocenters. The summed E-state index contributed by atoms with van der Waals surface area (Å²) in [5, 5.41) is 0.839. The number of nitrogens with zero attached hydrogens (tertiary/aromatic N) is 1. The fourth-order valence-corrected chi connectivity index (χ4v) is 2.07. The first-order valence-electron chi connectivity index (χ1n) is 5.71. The predicted octanol–water partition coefficient (Wildman–Crippen LogP) is 3.70. The topological polar surface area (TPSA) is 43.1 Å². The number of carbonyl (C=O) groups excluding carboxylic acids is 1. The zero-order valence-corrected chi connectivity index (χ0v) is 9.88. The van der Waals surface area contributed by atoms with Crippen molar-refractivity contribution in [1.29, 1.82) is 0 Å². The lowest BCUT2D eigenvalue weighted by atomic mass is 10.1. The molecule has 0 aliphatic rings. The molecule has 0 saturated heterocycles. The summed E-state index contributed by atoms with van der Waals surface area (Å²) in [5.74, 6) is 0.532. The third kappa shape index (κ3) is 1.61. The molecule has 0 saturated carbocycles. The van der Waals surface area contributed by atoms with Gasteiger partial charge in [0.1, 0.15) is 11.3 Å². The van der Waals surface area contributed by atoms with Gasteiger partial charge < -0.3 is 4.42 Å². The number of Topliss-reactive ketones (excluding diaryl/α,β-unsaturated/α-hetero) is 1. The van der Waals surface area contributed by atoms with Crippen molar-refractivity contribution >= 4 is 16.8 Å². The minimum Gasteiger partial charge on any atom is -0.454 e. The van der Waals surface area contributed by atoms with E-state index in [2.05, 4.69) is 4.98 Å². The van der Waals surface area contributed by atoms with Crippen LogP contribution in [0.4, 0.5) is 0 Å². The highest BCUT2D eigenvalue weighted by Crippen LogP contribution is 2.32. The molecule has 88 valence electrons. The molecule has 3 heteroatoms. The molecule has 2 heterocycles. The van der Waals surface area contributed by atoms with E-state index in [1.165, 1.54) is 0 Å². The number of fused-ring (bicyclic) bond motifs is 1. The second kappa shape index (κ2) is 4.11. The van der Waals surface area contributed by atoms with E-state index < -0.39 is 0 Å². The summed E-state index contributed by atoms with van der Waals surface area (Å²) >= 11 is 0. The second-order valence-corrected chi connectivity index (χ2v) is 4.07. The molecular weight excluding hydrogens is 226 g/mol. The van der Waals surface area contributed by atoms with Crippen LogP contribution in [0.1, 0.15) is 17.3 Å². The molecule has 0 radical (unpaired) electrons. The third-order valence-electron chi connectivity index (χ3n) is 2.85. The third-order valence-corrected chi connectivity index (χ3v) is 2.85. The Balaban J connectivity index is 2.36. The maximum Gasteiger partial charge on any atom is 0.164 e. The second-order valence-electron chi connectivity index (χ2n) is 4.07. The van der Waals surface area contributed by atoms with E-state index in [0.717, 1.165) is 5.39 Å². The summed E-state index contributed by atoms with van der Waals surface area (Å²) in [6.07, 6.45) is 1.69. The molecule has 3 nitrogen and oxygen atoms in total. The van der Waals surface area contributed by atoms with Crippen LogP contribution in [0.15, 0.2) is 53.1 Å². The lowest BCUT2D eigenvalue weighted by molar-refractivity contribution is 0.101. The maximum absolute atomic E-state index is 11.8. The van der Waals surface area contributed by atoms with Crippen LogP contribution in [0.3, 0.4) is 0 Å². The number of hydrogen-bond donors (Lipinski definition) is 0. The minimum atomic E-state index is -0.0133. The molecular formula is C15H11NO2. The van der Waals surface area contributed by atoms with Crippen LogP contribution in [0.25, 0.3) is 22.4 Å². The van der Waals surface area contributed by atoms with Gasteiger partial charge in [0.05, 0.1) is 5.56 Å². The van der Waals surface area contributed by atoms with Gasteiger partial charge in [-0.3, -0.25) is 9.78 Å². The van der Waals surface area contributed by atoms with E-state index in [1.54, 1.807) is 13.1 Å². The molecule has 3 rings (SSSR count). The Kier molecular flexibility index (Phi) is 2.45. The highest BCUT2D eigenvalue weighted by atomic mass is 16.3. The van der Waals surface area contributed by atoms with Crippen molar-refractivity contribution in [1.82, 2.24) is 4.98 Å². The zero-order chi connectivity index (χ0) is 12.5. The van der Waals surface area contributed by atoms with Crippen LogP contribution in [0.5, 0.6) is 0 Å². The molecule has 0 amide bonds. The number of aromatic nitrogens is 1. The van der Waals surface area contributed by atoms with E-state index in [0.29, 0.717) is 22.6 Å².